The smallest absolute Gasteiger partial charge is 0.0977 e. The highest BCUT2D eigenvalue weighted by Crippen LogP contribution is 2.52. The molecule has 1 aliphatic carbocycles. The van der Waals surface area contributed by atoms with Gasteiger partial charge in [0, 0.05) is 5.41 Å². The summed E-state index contributed by atoms with van der Waals surface area (Å²) in [6.45, 7) is 2.44. The maximum atomic E-state index is 12.3. The minimum atomic E-state index is -0.862. The van der Waals surface area contributed by atoms with Crippen LogP contribution in [0.25, 0.3) is 0 Å². The Bertz CT molecular complexity index is 154. The monoisotopic (exact) mass is 178 g/mol. The fraction of sp³-hybridized carbons (Fsp3) is 1.00. The van der Waals surface area contributed by atoms with Crippen molar-refractivity contribution in [3.63, 3.8) is 0 Å². The molecule has 1 aliphatic rings. The first kappa shape index (κ1) is 9.90. The van der Waals surface area contributed by atoms with Crippen molar-refractivity contribution in [3.8, 4) is 0 Å². The lowest BCUT2D eigenvalue weighted by Gasteiger charge is -2.53. The number of alkyl halides is 2. The van der Waals surface area contributed by atoms with Gasteiger partial charge in [-0.15, -0.1) is 0 Å². The third-order valence-corrected chi connectivity index (χ3v) is 3.00. The van der Waals surface area contributed by atoms with Crippen molar-refractivity contribution >= 4 is 0 Å². The van der Waals surface area contributed by atoms with Gasteiger partial charge in [0.05, 0.1) is 19.0 Å². The van der Waals surface area contributed by atoms with Gasteiger partial charge in [0.25, 0.3) is 0 Å². The quantitative estimate of drug-likeness (QED) is 0.701. The van der Waals surface area contributed by atoms with Crippen molar-refractivity contribution in [2.45, 2.75) is 32.3 Å². The molecule has 0 heterocycles. The second-order valence-electron chi connectivity index (χ2n) is 4.38. The van der Waals surface area contributed by atoms with Crippen LogP contribution in [-0.2, 0) is 0 Å². The lowest BCUT2D eigenvalue weighted by molar-refractivity contribution is -0.169. The second-order valence-corrected chi connectivity index (χ2v) is 4.38. The minimum Gasteiger partial charge on any atom is -0.390 e. The molecule has 1 saturated carbocycles. The Balaban J connectivity index is 2.54. The molecule has 12 heavy (non-hydrogen) atoms. The maximum Gasteiger partial charge on any atom is 0.0977 e. The molecular weight excluding hydrogens is 162 g/mol. The van der Waals surface area contributed by atoms with E-state index in [1.165, 1.54) is 0 Å². The highest BCUT2D eigenvalue weighted by molar-refractivity contribution is 5.05. The topological polar surface area (TPSA) is 20.2 Å². The summed E-state index contributed by atoms with van der Waals surface area (Å²) in [7, 11) is 0. The van der Waals surface area contributed by atoms with Gasteiger partial charge in [0.1, 0.15) is 0 Å². The van der Waals surface area contributed by atoms with Gasteiger partial charge in [-0.25, -0.2) is 0 Å². The third kappa shape index (κ3) is 1.35. The molecule has 0 unspecified atom stereocenters. The summed E-state index contributed by atoms with van der Waals surface area (Å²) < 4.78 is 24.7. The molecule has 3 heteroatoms. The van der Waals surface area contributed by atoms with Gasteiger partial charge >= 0.3 is 0 Å². The first-order chi connectivity index (χ1) is 5.48. The van der Waals surface area contributed by atoms with Gasteiger partial charge in [-0.1, -0.05) is 13.8 Å². The van der Waals surface area contributed by atoms with Gasteiger partial charge in [-0.2, -0.15) is 0 Å². The summed E-state index contributed by atoms with van der Waals surface area (Å²) in [6.07, 6.45) is 0.537. The van der Waals surface area contributed by atoms with E-state index < -0.39 is 24.4 Å². The Morgan fingerprint density at radius 2 is 1.67 bits per heavy atom. The largest absolute Gasteiger partial charge is 0.390 e. The lowest BCUT2D eigenvalue weighted by Crippen LogP contribution is -2.57. The van der Waals surface area contributed by atoms with Crippen molar-refractivity contribution in [2.24, 2.45) is 11.3 Å². The molecule has 0 aliphatic heterocycles. The predicted octanol–water partition coefficient (Wildman–Crippen LogP) is 2.09. The normalized spacial score (nSPS) is 25.5. The first-order valence-corrected chi connectivity index (χ1v) is 4.32. The summed E-state index contributed by atoms with van der Waals surface area (Å²) >= 11 is 0. The second kappa shape index (κ2) is 2.95. The van der Waals surface area contributed by atoms with Gasteiger partial charge in [-0.3, -0.25) is 8.78 Å². The van der Waals surface area contributed by atoms with Gasteiger partial charge < -0.3 is 5.11 Å². The van der Waals surface area contributed by atoms with Crippen molar-refractivity contribution < 1.29 is 13.9 Å². The third-order valence-electron chi connectivity index (χ3n) is 3.00. The molecule has 0 spiro atoms. The van der Waals surface area contributed by atoms with Crippen LogP contribution in [0.2, 0.25) is 0 Å². The average Bonchev–Trinajstić information content (AvgIpc) is 1.98. The van der Waals surface area contributed by atoms with Crippen LogP contribution in [0.15, 0.2) is 0 Å². The van der Waals surface area contributed by atoms with Crippen LogP contribution in [-0.4, -0.2) is 24.1 Å². The van der Waals surface area contributed by atoms with Crippen molar-refractivity contribution in [2.75, 3.05) is 13.3 Å². The first-order valence-electron chi connectivity index (χ1n) is 4.32. The van der Waals surface area contributed by atoms with Crippen LogP contribution >= 0.6 is 0 Å². The maximum absolute atomic E-state index is 12.3. The summed E-state index contributed by atoms with van der Waals surface area (Å²) in [5, 5.41) is 9.75. The van der Waals surface area contributed by atoms with E-state index >= 15 is 0 Å². The molecule has 1 fully saturated rings. The number of rotatable bonds is 3. The Kier molecular flexibility index (Phi) is 2.43. The molecule has 0 saturated heterocycles. The molecule has 1 rings (SSSR count). The molecule has 0 aromatic rings. The zero-order valence-electron chi connectivity index (χ0n) is 7.61. The molecular formula is C9H16F2O. The van der Waals surface area contributed by atoms with E-state index in [1.807, 2.05) is 13.8 Å². The molecule has 72 valence electrons. The Morgan fingerprint density at radius 3 is 1.92 bits per heavy atom. The highest BCUT2D eigenvalue weighted by Gasteiger charge is 2.55. The van der Waals surface area contributed by atoms with Gasteiger partial charge in [0.2, 0.25) is 0 Å². The van der Waals surface area contributed by atoms with E-state index in [1.54, 1.807) is 0 Å². The molecule has 0 aromatic carbocycles. The molecule has 1 nitrogen and oxygen atoms in total. The molecule has 1 N–H and O–H groups in total. The average molecular weight is 178 g/mol. The number of hydrogen-bond donors (Lipinski definition) is 1. The van der Waals surface area contributed by atoms with Crippen LogP contribution in [0.3, 0.4) is 0 Å². The van der Waals surface area contributed by atoms with Crippen molar-refractivity contribution in [1.29, 1.82) is 0 Å². The molecule has 0 bridgehead atoms. The Labute approximate surface area is 71.8 Å². The number of hydrogen-bond acceptors (Lipinski definition) is 1. The van der Waals surface area contributed by atoms with Gasteiger partial charge in [0.15, 0.2) is 0 Å². The zero-order chi connectivity index (χ0) is 9.41. The number of halogens is 2. The zero-order valence-corrected chi connectivity index (χ0v) is 7.61. The van der Waals surface area contributed by atoms with Crippen LogP contribution in [0, 0.1) is 11.3 Å². The minimum absolute atomic E-state index is 0.0868. The standard InChI is InChI=1S/C9H16F2O/c1-7(2)9(12)3-8(4-9,5-10)6-11/h7,12H,3-6H2,1-2H3. The lowest BCUT2D eigenvalue weighted by atomic mass is 9.57. The molecule has 0 amide bonds. The van der Waals surface area contributed by atoms with E-state index in [4.69, 9.17) is 0 Å². The summed E-state index contributed by atoms with van der Waals surface area (Å²) in [5.74, 6) is 0.0868. The SMILES string of the molecule is CC(C)C1(O)CC(CF)(CF)C1. The predicted molar refractivity (Wildman–Crippen MR) is 43.4 cm³/mol. The highest BCUT2D eigenvalue weighted by atomic mass is 19.1. The number of aliphatic hydroxyl groups is 1. The van der Waals surface area contributed by atoms with E-state index in [2.05, 4.69) is 0 Å². The van der Waals surface area contributed by atoms with Crippen LogP contribution in [0.4, 0.5) is 8.78 Å². The molecule has 0 radical (unpaired) electrons. The fourth-order valence-corrected chi connectivity index (χ4v) is 1.88. The Hall–Kier alpha value is -0.180. The van der Waals surface area contributed by atoms with Crippen LogP contribution < -0.4 is 0 Å². The Morgan fingerprint density at radius 1 is 1.25 bits per heavy atom. The van der Waals surface area contributed by atoms with Crippen molar-refractivity contribution in [3.05, 3.63) is 0 Å². The summed E-state index contributed by atoms with van der Waals surface area (Å²) in [5.41, 5.74) is -1.68. The van der Waals surface area contributed by atoms with E-state index in [-0.39, 0.29) is 18.8 Å². The molecule has 0 aromatic heterocycles. The van der Waals surface area contributed by atoms with Crippen LogP contribution in [0.1, 0.15) is 26.7 Å². The van der Waals surface area contributed by atoms with E-state index in [9.17, 15) is 13.9 Å². The van der Waals surface area contributed by atoms with Crippen molar-refractivity contribution in [1.82, 2.24) is 0 Å². The molecule has 0 atom stereocenters. The fourth-order valence-electron chi connectivity index (χ4n) is 1.88. The van der Waals surface area contributed by atoms with Gasteiger partial charge in [-0.05, 0) is 18.8 Å². The summed E-state index contributed by atoms with van der Waals surface area (Å²) in [6, 6.07) is 0. The van der Waals surface area contributed by atoms with E-state index in [0.29, 0.717) is 0 Å². The van der Waals surface area contributed by atoms with Crippen LogP contribution in [0.5, 0.6) is 0 Å². The van der Waals surface area contributed by atoms with E-state index in [0.717, 1.165) is 0 Å². The summed E-state index contributed by atoms with van der Waals surface area (Å²) in [4.78, 5) is 0.